The van der Waals surface area contributed by atoms with Crippen LogP contribution in [0.2, 0.25) is 0 Å². The van der Waals surface area contributed by atoms with E-state index in [1.54, 1.807) is 14.2 Å². The van der Waals surface area contributed by atoms with E-state index in [-0.39, 0.29) is 0 Å². The minimum absolute atomic E-state index is 0.614. The summed E-state index contributed by atoms with van der Waals surface area (Å²) in [5, 5.41) is 0. The molecule has 0 spiro atoms. The Balaban J connectivity index is 0.865. The zero-order chi connectivity index (χ0) is 52.6. The van der Waals surface area contributed by atoms with Gasteiger partial charge in [0.1, 0.15) is 0 Å². The van der Waals surface area contributed by atoms with Crippen LogP contribution < -0.4 is 0 Å². The normalized spacial score (nSPS) is 11.6. The summed E-state index contributed by atoms with van der Waals surface area (Å²) in [5.41, 5.74) is 10.0. The molecule has 0 saturated heterocycles. The second-order valence-corrected chi connectivity index (χ2v) is 27.2. The second-order valence-electron chi connectivity index (χ2n) is 18.4. The molecule has 8 heterocycles. The molecule has 4 nitrogen and oxygen atoms in total. The van der Waals surface area contributed by atoms with Crippen molar-refractivity contribution in [3.05, 3.63) is 204 Å². The van der Waals surface area contributed by atoms with Crippen molar-refractivity contribution in [1.29, 1.82) is 0 Å². The van der Waals surface area contributed by atoms with Crippen molar-refractivity contribution < 1.29 is 18.9 Å². The largest absolute Gasteiger partial charge is 0.382 e. The highest BCUT2D eigenvalue weighted by Crippen LogP contribution is 2.54. The molecule has 0 fully saturated rings. The minimum Gasteiger partial charge on any atom is -0.382 e. The molecule has 0 aliphatic rings. The Bertz CT molecular complexity index is 3590. The van der Waals surface area contributed by atoms with Crippen LogP contribution in [0.3, 0.4) is 0 Å². The van der Waals surface area contributed by atoms with Gasteiger partial charge >= 0.3 is 0 Å². The zero-order valence-electron chi connectivity index (χ0n) is 43.0. The maximum atomic E-state index is 5.84. The van der Waals surface area contributed by atoms with Crippen LogP contribution in [0.5, 0.6) is 0 Å². The number of benzene rings is 4. The number of hydrogen-bond acceptors (Lipinski definition) is 12. The van der Waals surface area contributed by atoms with Crippen LogP contribution in [0, 0.1) is 0 Å². The third kappa shape index (κ3) is 11.9. The third-order valence-electron chi connectivity index (χ3n) is 13.3. The summed E-state index contributed by atoms with van der Waals surface area (Å²) in [7, 11) is 3.42. The number of thiophene rings is 8. The van der Waals surface area contributed by atoms with E-state index >= 15 is 0 Å². The van der Waals surface area contributed by atoms with Crippen molar-refractivity contribution in [2.45, 2.75) is 12.8 Å². The van der Waals surface area contributed by atoms with Crippen molar-refractivity contribution in [3.8, 4) is 113 Å². The van der Waals surface area contributed by atoms with Gasteiger partial charge in [0.25, 0.3) is 0 Å². The van der Waals surface area contributed by atoms with Gasteiger partial charge in [0, 0.05) is 108 Å². The van der Waals surface area contributed by atoms with Crippen LogP contribution in [0.25, 0.3) is 113 Å². The monoisotopic (exact) mass is 1170 g/mol. The molecular weight excluding hydrogens is 1110 g/mol. The van der Waals surface area contributed by atoms with Crippen molar-refractivity contribution in [2.75, 3.05) is 53.9 Å². The number of ether oxygens (including phenoxy) is 4. The molecule has 0 N–H and O–H groups in total. The molecule has 12 heteroatoms. The van der Waals surface area contributed by atoms with Crippen molar-refractivity contribution in [3.63, 3.8) is 0 Å². The number of hydrogen-bond donors (Lipinski definition) is 0. The van der Waals surface area contributed by atoms with Crippen molar-refractivity contribution in [2.24, 2.45) is 0 Å². The fourth-order valence-electron chi connectivity index (χ4n) is 9.40. The Morgan fingerprint density at radius 3 is 0.846 bits per heavy atom. The second kappa shape index (κ2) is 25.2. The molecular formula is C66H54O4S8. The maximum Gasteiger partial charge on any atom is 0.0700 e. The first-order valence-electron chi connectivity index (χ1n) is 25.9. The predicted molar refractivity (Wildman–Crippen MR) is 342 cm³/mol. The molecule has 0 unspecified atom stereocenters. The van der Waals surface area contributed by atoms with Gasteiger partial charge in [-0.25, -0.2) is 0 Å². The van der Waals surface area contributed by atoms with E-state index in [9.17, 15) is 0 Å². The lowest BCUT2D eigenvalue weighted by molar-refractivity contribution is 0.0725. The molecule has 12 aromatic rings. The van der Waals surface area contributed by atoms with E-state index in [1.807, 2.05) is 90.7 Å². The highest BCUT2D eigenvalue weighted by molar-refractivity contribution is 7.32. The van der Waals surface area contributed by atoms with Crippen LogP contribution in [-0.2, 0) is 31.8 Å². The zero-order valence-corrected chi connectivity index (χ0v) is 49.6. The minimum atomic E-state index is 0.614. The summed E-state index contributed by atoms with van der Waals surface area (Å²) in [6.45, 7) is 3.83. The van der Waals surface area contributed by atoms with E-state index in [0.29, 0.717) is 39.6 Å². The first kappa shape index (κ1) is 53.0. The van der Waals surface area contributed by atoms with Crippen LogP contribution in [-0.4, -0.2) is 53.9 Å². The van der Waals surface area contributed by atoms with E-state index in [4.69, 9.17) is 18.9 Å². The molecule has 0 bridgehead atoms. The Kier molecular flexibility index (Phi) is 17.1. The van der Waals surface area contributed by atoms with Crippen molar-refractivity contribution >= 4 is 90.7 Å². The summed E-state index contributed by atoms with van der Waals surface area (Å²) >= 11 is 15.2. The van der Waals surface area contributed by atoms with E-state index in [0.717, 1.165) is 12.8 Å². The van der Waals surface area contributed by atoms with Gasteiger partial charge in [-0.1, -0.05) is 121 Å². The van der Waals surface area contributed by atoms with E-state index in [1.165, 1.54) is 123 Å². The first-order valence-corrected chi connectivity index (χ1v) is 32.4. The number of rotatable bonds is 23. The van der Waals surface area contributed by atoms with E-state index in [2.05, 4.69) is 194 Å². The smallest absolute Gasteiger partial charge is 0.0700 e. The molecule has 0 saturated carbocycles. The first-order chi connectivity index (χ1) is 38.6. The molecule has 0 atom stereocenters. The summed E-state index contributed by atoms with van der Waals surface area (Å²) in [6.07, 6.45) is 1.78. The molecule has 0 radical (unpaired) electrons. The van der Waals surface area contributed by atoms with Crippen LogP contribution in [0.1, 0.15) is 9.75 Å². The highest BCUT2D eigenvalue weighted by Gasteiger charge is 2.24. The third-order valence-corrected chi connectivity index (χ3v) is 23.6. The summed E-state index contributed by atoms with van der Waals surface area (Å²) in [5.74, 6) is 0. The van der Waals surface area contributed by atoms with Gasteiger partial charge in [0.05, 0.1) is 59.1 Å². The van der Waals surface area contributed by atoms with Gasteiger partial charge in [-0.15, -0.1) is 90.7 Å². The van der Waals surface area contributed by atoms with Gasteiger partial charge in [-0.05, 0) is 95.1 Å². The lowest BCUT2D eigenvalue weighted by atomic mass is 10.0. The fourth-order valence-corrected chi connectivity index (χ4v) is 18.8. The topological polar surface area (TPSA) is 36.9 Å². The standard InChI is InChI=1S/C66H54O4S8/c1-67-35-37-69-33-31-47-23-25-55(71-47)63-49(43-15-7-3-8-16-43)39-59(75-63)61-41-51(45-19-11-5-12-20-45)65(77-61)57-29-27-53(73-57)54-28-30-58(74-54)66-52(46-21-13-6-14-22-46)42-62(78-66)60-40-50(44-17-9-4-10-18-44)64(76-60)56-26-24-48(72-56)32-34-70-38-36-68-2/h3-30,39-42H,31-38H2,1-2H3. The lowest BCUT2D eigenvalue weighted by Crippen LogP contribution is -2.04. The average Bonchev–Trinajstić information content (AvgIpc) is 4.35. The van der Waals surface area contributed by atoms with Gasteiger partial charge in [0.2, 0.25) is 0 Å². The summed E-state index contributed by atoms with van der Waals surface area (Å²) in [6, 6.07) is 71.7. The summed E-state index contributed by atoms with van der Waals surface area (Å²) in [4.78, 5) is 20.7. The molecule has 8 aromatic heterocycles. The summed E-state index contributed by atoms with van der Waals surface area (Å²) < 4.78 is 22.0. The molecule has 4 aromatic carbocycles. The molecule has 0 aliphatic heterocycles. The van der Waals surface area contributed by atoms with Gasteiger partial charge in [-0.3, -0.25) is 0 Å². The Morgan fingerprint density at radius 1 is 0.256 bits per heavy atom. The van der Waals surface area contributed by atoms with E-state index < -0.39 is 0 Å². The number of methoxy groups -OCH3 is 2. The van der Waals surface area contributed by atoms with Gasteiger partial charge in [0.15, 0.2) is 0 Å². The maximum absolute atomic E-state index is 5.84. The Labute approximate surface area is 488 Å². The predicted octanol–water partition coefficient (Wildman–Crippen LogP) is 20.9. The average molecular weight is 1170 g/mol. The van der Waals surface area contributed by atoms with Gasteiger partial charge in [-0.2, -0.15) is 0 Å². The molecule has 0 amide bonds. The molecule has 390 valence electrons. The fraction of sp³-hybridized carbons (Fsp3) is 0.152. The van der Waals surface area contributed by atoms with Gasteiger partial charge < -0.3 is 18.9 Å². The SMILES string of the molecule is COCCOCCc1ccc(-c2sc(-c3cc(-c4ccccc4)c(-c4ccc(-c5ccc(-c6sc(-c7cc(-c8ccccc8)c(-c8ccc(CCOCCOC)s8)s7)cc6-c6ccccc6)s5)s4)s3)cc2-c2ccccc2)s1. The molecule has 12 rings (SSSR count). The van der Waals surface area contributed by atoms with Crippen LogP contribution in [0.4, 0.5) is 0 Å². The highest BCUT2D eigenvalue weighted by atomic mass is 32.1. The van der Waals surface area contributed by atoms with Crippen LogP contribution >= 0.6 is 90.7 Å². The Hall–Kier alpha value is -5.68. The van der Waals surface area contributed by atoms with Crippen molar-refractivity contribution in [1.82, 2.24) is 0 Å². The molecule has 0 aliphatic carbocycles. The van der Waals surface area contributed by atoms with Crippen LogP contribution in [0.15, 0.2) is 194 Å². The quantitative estimate of drug-likeness (QED) is 0.0598. The molecule has 78 heavy (non-hydrogen) atoms. The Morgan fingerprint density at radius 2 is 0.538 bits per heavy atom. The lowest BCUT2D eigenvalue weighted by Gasteiger charge is -2.02.